The zero-order valence-electron chi connectivity index (χ0n) is 12.6. The molecule has 3 aromatic rings. The van der Waals surface area contributed by atoms with Crippen molar-refractivity contribution in [1.82, 2.24) is 14.9 Å². The second kappa shape index (κ2) is 6.21. The van der Waals surface area contributed by atoms with Crippen molar-refractivity contribution in [3.05, 3.63) is 57.3 Å². The Labute approximate surface area is 136 Å². The number of nitrogen functional groups attached to an aromatic ring is 1. The van der Waals surface area contributed by atoms with Crippen LogP contribution in [0, 0.1) is 6.92 Å². The van der Waals surface area contributed by atoms with E-state index in [4.69, 9.17) is 5.73 Å². The summed E-state index contributed by atoms with van der Waals surface area (Å²) in [6.45, 7) is 2.27. The number of anilines is 1. The van der Waals surface area contributed by atoms with Crippen molar-refractivity contribution in [3.63, 3.8) is 0 Å². The smallest absolute Gasteiger partial charge is 0.351 e. The van der Waals surface area contributed by atoms with E-state index >= 15 is 0 Å². The fourth-order valence-electron chi connectivity index (χ4n) is 2.33. The Morgan fingerprint density at radius 1 is 1.35 bits per heavy atom. The SMILES string of the molecule is Cc1cc2c(N)nc(=O)n(CC(=O)NCc3ccccc3)c2s1. The molecule has 0 radical (unpaired) electrons. The number of fused-ring (bicyclic) bond motifs is 1. The number of hydrogen-bond donors (Lipinski definition) is 2. The predicted molar refractivity (Wildman–Crippen MR) is 91.3 cm³/mol. The third kappa shape index (κ3) is 3.24. The zero-order valence-corrected chi connectivity index (χ0v) is 13.4. The summed E-state index contributed by atoms with van der Waals surface area (Å²) in [7, 11) is 0. The molecule has 0 aliphatic rings. The van der Waals surface area contributed by atoms with E-state index in [1.807, 2.05) is 43.3 Å². The lowest BCUT2D eigenvalue weighted by Crippen LogP contribution is -2.33. The summed E-state index contributed by atoms with van der Waals surface area (Å²) < 4.78 is 1.36. The van der Waals surface area contributed by atoms with Gasteiger partial charge >= 0.3 is 5.69 Å². The largest absolute Gasteiger partial charge is 0.383 e. The van der Waals surface area contributed by atoms with Crippen molar-refractivity contribution in [1.29, 1.82) is 0 Å². The molecule has 7 heteroatoms. The van der Waals surface area contributed by atoms with Gasteiger partial charge in [-0.2, -0.15) is 4.98 Å². The van der Waals surface area contributed by atoms with E-state index in [0.29, 0.717) is 16.8 Å². The van der Waals surface area contributed by atoms with Gasteiger partial charge in [-0.15, -0.1) is 11.3 Å². The minimum Gasteiger partial charge on any atom is -0.383 e. The molecule has 0 unspecified atom stereocenters. The second-order valence-corrected chi connectivity index (χ2v) is 6.44. The Balaban J connectivity index is 1.81. The molecule has 6 nitrogen and oxygen atoms in total. The highest BCUT2D eigenvalue weighted by molar-refractivity contribution is 7.18. The standard InChI is InChI=1S/C16H16N4O2S/c1-10-7-12-14(17)19-16(22)20(15(12)23-10)9-13(21)18-8-11-5-3-2-4-6-11/h2-7H,8-9H2,1H3,(H,18,21)(H2,17,19,22). The molecule has 0 spiro atoms. The summed E-state index contributed by atoms with van der Waals surface area (Å²) in [5.74, 6) is -0.0369. The Bertz CT molecular complexity index is 915. The van der Waals surface area contributed by atoms with Gasteiger partial charge in [0, 0.05) is 11.4 Å². The molecule has 0 aliphatic carbocycles. The molecular formula is C16H16N4O2S. The van der Waals surface area contributed by atoms with Gasteiger partial charge in [-0.25, -0.2) is 4.79 Å². The number of nitrogens with zero attached hydrogens (tertiary/aromatic N) is 2. The molecule has 1 aromatic carbocycles. The maximum absolute atomic E-state index is 12.1. The van der Waals surface area contributed by atoms with Crippen LogP contribution in [0.3, 0.4) is 0 Å². The highest BCUT2D eigenvalue weighted by atomic mass is 32.1. The molecule has 118 valence electrons. The van der Waals surface area contributed by atoms with Crippen LogP contribution >= 0.6 is 11.3 Å². The number of nitrogens with one attached hydrogen (secondary N) is 1. The summed E-state index contributed by atoms with van der Waals surface area (Å²) in [5.41, 5.74) is 6.28. The van der Waals surface area contributed by atoms with Crippen LogP contribution < -0.4 is 16.7 Å². The first-order chi connectivity index (χ1) is 11.0. The van der Waals surface area contributed by atoms with Crippen molar-refractivity contribution in [2.45, 2.75) is 20.0 Å². The van der Waals surface area contributed by atoms with Crippen LogP contribution in [0.1, 0.15) is 10.4 Å². The van der Waals surface area contributed by atoms with Gasteiger partial charge in [0.05, 0.1) is 5.39 Å². The van der Waals surface area contributed by atoms with Crippen molar-refractivity contribution < 1.29 is 4.79 Å². The summed E-state index contributed by atoms with van der Waals surface area (Å²) in [6, 6.07) is 11.5. The van der Waals surface area contributed by atoms with E-state index in [0.717, 1.165) is 10.4 Å². The molecule has 2 aromatic heterocycles. The number of aryl methyl sites for hydroxylation is 1. The number of amides is 1. The molecule has 0 saturated carbocycles. The highest BCUT2D eigenvalue weighted by Crippen LogP contribution is 2.26. The lowest BCUT2D eigenvalue weighted by Gasteiger charge is -2.09. The average Bonchev–Trinajstić information content (AvgIpc) is 2.93. The molecule has 1 amide bonds. The van der Waals surface area contributed by atoms with Gasteiger partial charge in [0.2, 0.25) is 5.91 Å². The Morgan fingerprint density at radius 3 is 2.83 bits per heavy atom. The molecule has 2 heterocycles. The predicted octanol–water partition coefficient (Wildman–Crippen LogP) is 1.67. The fourth-order valence-corrected chi connectivity index (χ4v) is 3.34. The number of nitrogens with two attached hydrogens (primary N) is 1. The number of benzene rings is 1. The van der Waals surface area contributed by atoms with Crippen molar-refractivity contribution in [2.75, 3.05) is 5.73 Å². The van der Waals surface area contributed by atoms with Crippen LogP contribution in [0.2, 0.25) is 0 Å². The number of rotatable bonds is 4. The number of aromatic nitrogens is 2. The number of thiophene rings is 1. The van der Waals surface area contributed by atoms with Crippen LogP contribution in [0.4, 0.5) is 5.82 Å². The average molecular weight is 328 g/mol. The van der Waals surface area contributed by atoms with Gasteiger partial charge in [0.25, 0.3) is 0 Å². The van der Waals surface area contributed by atoms with Gasteiger partial charge < -0.3 is 11.1 Å². The minimum atomic E-state index is -0.508. The number of carbonyl (C=O) groups excluding carboxylic acids is 1. The molecule has 0 aliphatic heterocycles. The normalized spacial score (nSPS) is 10.8. The topological polar surface area (TPSA) is 90.0 Å². The monoisotopic (exact) mass is 328 g/mol. The molecule has 23 heavy (non-hydrogen) atoms. The first-order valence-electron chi connectivity index (χ1n) is 7.11. The van der Waals surface area contributed by atoms with E-state index in [9.17, 15) is 9.59 Å². The maximum atomic E-state index is 12.1. The first kappa shape index (κ1) is 15.2. The summed E-state index contributed by atoms with van der Waals surface area (Å²) in [6.07, 6.45) is 0. The van der Waals surface area contributed by atoms with Crippen molar-refractivity contribution >= 4 is 33.3 Å². The summed E-state index contributed by atoms with van der Waals surface area (Å²) in [4.78, 5) is 29.7. The first-order valence-corrected chi connectivity index (χ1v) is 7.93. The van der Waals surface area contributed by atoms with Crippen LogP contribution in [-0.4, -0.2) is 15.5 Å². The highest BCUT2D eigenvalue weighted by Gasteiger charge is 2.14. The molecule has 3 rings (SSSR count). The minimum absolute atomic E-state index is 0.0740. The summed E-state index contributed by atoms with van der Waals surface area (Å²) in [5, 5.41) is 3.52. The third-order valence-electron chi connectivity index (χ3n) is 3.44. The van der Waals surface area contributed by atoms with Gasteiger partial charge in [-0.1, -0.05) is 30.3 Å². The second-order valence-electron chi connectivity index (χ2n) is 5.20. The fraction of sp³-hybridized carbons (Fsp3) is 0.188. The van der Waals surface area contributed by atoms with Crippen molar-refractivity contribution in [3.8, 4) is 0 Å². The van der Waals surface area contributed by atoms with Gasteiger partial charge in [-0.05, 0) is 18.6 Å². The Morgan fingerprint density at radius 2 is 2.09 bits per heavy atom. The Kier molecular flexibility index (Phi) is 4.12. The van der Waals surface area contributed by atoms with Gasteiger partial charge in [0.1, 0.15) is 17.2 Å². The van der Waals surface area contributed by atoms with Gasteiger partial charge in [0.15, 0.2) is 0 Å². The molecule has 3 N–H and O–H groups in total. The molecule has 0 fully saturated rings. The molecular weight excluding hydrogens is 312 g/mol. The van der Waals surface area contributed by atoms with Crippen LogP contribution in [-0.2, 0) is 17.9 Å². The van der Waals surface area contributed by atoms with E-state index < -0.39 is 5.69 Å². The number of hydrogen-bond acceptors (Lipinski definition) is 5. The van der Waals surface area contributed by atoms with E-state index in [-0.39, 0.29) is 18.3 Å². The summed E-state index contributed by atoms with van der Waals surface area (Å²) >= 11 is 1.43. The van der Waals surface area contributed by atoms with Crippen LogP contribution in [0.25, 0.3) is 10.2 Å². The van der Waals surface area contributed by atoms with Crippen molar-refractivity contribution in [2.24, 2.45) is 0 Å². The van der Waals surface area contributed by atoms with Crippen LogP contribution in [0.15, 0.2) is 41.2 Å². The lowest BCUT2D eigenvalue weighted by molar-refractivity contribution is -0.121. The molecule has 0 atom stereocenters. The van der Waals surface area contributed by atoms with Crippen LogP contribution in [0.5, 0.6) is 0 Å². The quantitative estimate of drug-likeness (QED) is 0.762. The van der Waals surface area contributed by atoms with E-state index in [1.54, 1.807) is 0 Å². The zero-order chi connectivity index (χ0) is 16.4. The molecule has 0 bridgehead atoms. The van der Waals surface area contributed by atoms with E-state index in [1.165, 1.54) is 15.9 Å². The maximum Gasteiger partial charge on any atom is 0.351 e. The molecule has 0 saturated heterocycles. The van der Waals surface area contributed by atoms with E-state index in [2.05, 4.69) is 10.3 Å². The number of carbonyl (C=O) groups is 1. The van der Waals surface area contributed by atoms with Gasteiger partial charge in [-0.3, -0.25) is 9.36 Å². The third-order valence-corrected chi connectivity index (χ3v) is 4.51. The lowest BCUT2D eigenvalue weighted by atomic mass is 10.2. The Hall–Kier alpha value is -2.67.